The molecule has 0 saturated carbocycles. The van der Waals surface area contributed by atoms with Crippen LogP contribution in [0.5, 0.6) is 17.2 Å². The van der Waals surface area contributed by atoms with Gasteiger partial charge in [0.15, 0.2) is 5.76 Å². The molecular formula is C19H15O7-. The zero-order valence-corrected chi connectivity index (χ0v) is 14.3. The van der Waals surface area contributed by atoms with E-state index in [1.54, 1.807) is 24.3 Å². The largest absolute Gasteiger partial charge is 0.542 e. The molecule has 0 radical (unpaired) electrons. The van der Waals surface area contributed by atoms with Crippen molar-refractivity contribution in [3.8, 4) is 28.4 Å². The van der Waals surface area contributed by atoms with E-state index in [-0.39, 0.29) is 22.3 Å². The highest BCUT2D eigenvalue weighted by molar-refractivity contribution is 5.97. The van der Waals surface area contributed by atoms with E-state index < -0.39 is 17.2 Å². The van der Waals surface area contributed by atoms with Crippen LogP contribution in [-0.2, 0) is 0 Å². The maximum atomic E-state index is 13.1. The van der Waals surface area contributed by atoms with E-state index in [9.17, 15) is 14.7 Å². The summed E-state index contributed by atoms with van der Waals surface area (Å²) >= 11 is 0. The molecule has 0 saturated heterocycles. The van der Waals surface area contributed by atoms with Crippen LogP contribution in [0.25, 0.3) is 22.1 Å². The van der Waals surface area contributed by atoms with Crippen molar-refractivity contribution in [1.82, 2.24) is 0 Å². The predicted molar refractivity (Wildman–Crippen MR) is 91.9 cm³/mol. The Hall–Kier alpha value is -3.48. The number of aromatic carboxylic acids is 1. The Labute approximate surface area is 148 Å². The van der Waals surface area contributed by atoms with E-state index >= 15 is 0 Å². The number of carboxylic acids is 1. The molecule has 3 rings (SSSR count). The van der Waals surface area contributed by atoms with Gasteiger partial charge in [-0.05, 0) is 17.7 Å². The highest BCUT2D eigenvalue weighted by Gasteiger charge is 2.21. The molecule has 0 amide bonds. The normalized spacial score (nSPS) is 10.6. The lowest BCUT2D eigenvalue weighted by Gasteiger charge is -2.13. The van der Waals surface area contributed by atoms with E-state index in [0.29, 0.717) is 17.1 Å². The quantitative estimate of drug-likeness (QED) is 0.689. The van der Waals surface area contributed by atoms with Crippen molar-refractivity contribution >= 4 is 16.9 Å². The highest BCUT2D eigenvalue weighted by Crippen LogP contribution is 2.33. The van der Waals surface area contributed by atoms with Crippen LogP contribution < -0.4 is 24.7 Å². The van der Waals surface area contributed by atoms with Crippen LogP contribution in [0.1, 0.15) is 10.6 Å². The van der Waals surface area contributed by atoms with E-state index in [1.165, 1.54) is 33.5 Å². The summed E-state index contributed by atoms with van der Waals surface area (Å²) in [6, 6.07) is 9.31. The maximum Gasteiger partial charge on any atom is 0.204 e. The molecular weight excluding hydrogens is 340 g/mol. The number of benzene rings is 2. The topological polar surface area (TPSA) is 98.0 Å². The van der Waals surface area contributed by atoms with Gasteiger partial charge in [-0.3, -0.25) is 4.79 Å². The number of carbonyl (C=O) groups excluding carboxylic acids is 1. The lowest BCUT2D eigenvalue weighted by molar-refractivity contribution is -0.256. The van der Waals surface area contributed by atoms with Gasteiger partial charge in [0.2, 0.25) is 5.43 Å². The minimum absolute atomic E-state index is 0.0302. The molecule has 3 aromatic rings. The lowest BCUT2D eigenvalue weighted by Crippen LogP contribution is -2.25. The van der Waals surface area contributed by atoms with Gasteiger partial charge in [0, 0.05) is 12.1 Å². The first-order valence-electron chi connectivity index (χ1n) is 7.58. The van der Waals surface area contributed by atoms with Crippen molar-refractivity contribution in [2.24, 2.45) is 0 Å². The Morgan fingerprint density at radius 3 is 2.15 bits per heavy atom. The van der Waals surface area contributed by atoms with E-state index in [1.807, 2.05) is 0 Å². The summed E-state index contributed by atoms with van der Waals surface area (Å²) in [7, 11) is 4.34. The molecule has 0 atom stereocenters. The van der Waals surface area contributed by atoms with Crippen LogP contribution in [0.4, 0.5) is 0 Å². The predicted octanol–water partition coefficient (Wildman–Crippen LogP) is 1.85. The zero-order valence-electron chi connectivity index (χ0n) is 14.3. The molecule has 0 unspecified atom stereocenters. The second kappa shape index (κ2) is 6.79. The van der Waals surface area contributed by atoms with Gasteiger partial charge in [-0.25, -0.2) is 0 Å². The van der Waals surface area contributed by atoms with Gasteiger partial charge in [0.25, 0.3) is 0 Å². The number of carbonyl (C=O) groups is 1. The lowest BCUT2D eigenvalue weighted by atomic mass is 10.0. The summed E-state index contributed by atoms with van der Waals surface area (Å²) in [5.74, 6) is -1.03. The average molecular weight is 355 g/mol. The van der Waals surface area contributed by atoms with Crippen molar-refractivity contribution in [3.63, 3.8) is 0 Å². The monoisotopic (exact) mass is 355 g/mol. The van der Waals surface area contributed by atoms with Crippen molar-refractivity contribution < 1.29 is 28.5 Å². The molecule has 0 N–H and O–H groups in total. The minimum atomic E-state index is -1.60. The van der Waals surface area contributed by atoms with Crippen LogP contribution in [0.3, 0.4) is 0 Å². The molecule has 0 fully saturated rings. The fourth-order valence-electron chi connectivity index (χ4n) is 2.70. The Bertz CT molecular complexity index is 1030. The highest BCUT2D eigenvalue weighted by atomic mass is 16.5. The first-order valence-corrected chi connectivity index (χ1v) is 7.58. The third kappa shape index (κ3) is 2.83. The van der Waals surface area contributed by atoms with Crippen molar-refractivity contribution in [1.29, 1.82) is 0 Å². The summed E-state index contributed by atoms with van der Waals surface area (Å²) in [4.78, 5) is 24.7. The molecule has 1 heterocycles. The standard InChI is InChI=1S/C19H16O7/c1-23-11-6-4-10(5-7-11)15-17(20)16-13(25-3)8-12(24-2)9-14(16)26-18(15)19(21)22/h4-9H,1-3H3,(H,21,22)/p-1. The Morgan fingerprint density at radius 2 is 1.62 bits per heavy atom. The Balaban J connectivity index is 2.40. The van der Waals surface area contributed by atoms with Gasteiger partial charge >= 0.3 is 0 Å². The van der Waals surface area contributed by atoms with E-state index in [4.69, 9.17) is 18.6 Å². The molecule has 7 nitrogen and oxygen atoms in total. The van der Waals surface area contributed by atoms with Gasteiger partial charge < -0.3 is 28.5 Å². The average Bonchev–Trinajstić information content (AvgIpc) is 2.66. The van der Waals surface area contributed by atoms with Crippen LogP contribution in [0.2, 0.25) is 0 Å². The molecule has 0 aliphatic rings. The van der Waals surface area contributed by atoms with Crippen molar-refractivity contribution in [2.75, 3.05) is 21.3 Å². The van der Waals surface area contributed by atoms with Gasteiger partial charge in [0.05, 0.1) is 26.9 Å². The number of rotatable bonds is 5. The zero-order chi connectivity index (χ0) is 18.8. The number of ether oxygens (including phenoxy) is 3. The van der Waals surface area contributed by atoms with E-state index in [0.717, 1.165) is 0 Å². The second-order valence-corrected chi connectivity index (χ2v) is 5.35. The number of hydrogen-bond acceptors (Lipinski definition) is 7. The summed E-state index contributed by atoms with van der Waals surface area (Å²) < 4.78 is 20.9. The molecule has 7 heteroatoms. The number of hydrogen-bond donors (Lipinski definition) is 0. The summed E-state index contributed by atoms with van der Waals surface area (Å²) in [6.45, 7) is 0. The number of carboxylic acid groups (broad SMARTS) is 1. The number of fused-ring (bicyclic) bond motifs is 1. The minimum Gasteiger partial charge on any atom is -0.542 e. The molecule has 1 aromatic heterocycles. The van der Waals surface area contributed by atoms with Gasteiger partial charge in [0.1, 0.15) is 34.2 Å². The molecule has 0 spiro atoms. The van der Waals surface area contributed by atoms with Gasteiger partial charge in [-0.2, -0.15) is 0 Å². The van der Waals surface area contributed by atoms with Crippen molar-refractivity contribution in [3.05, 3.63) is 52.4 Å². The number of methoxy groups -OCH3 is 3. The van der Waals surface area contributed by atoms with E-state index in [2.05, 4.69) is 0 Å². The smallest absolute Gasteiger partial charge is 0.204 e. The summed E-state index contributed by atoms with van der Waals surface area (Å²) in [5, 5.41) is 11.7. The van der Waals surface area contributed by atoms with Gasteiger partial charge in [-0.15, -0.1) is 0 Å². The Kier molecular flexibility index (Phi) is 4.53. The molecule has 0 aliphatic carbocycles. The summed E-state index contributed by atoms with van der Waals surface area (Å²) in [6.07, 6.45) is 0. The maximum absolute atomic E-state index is 13.1. The third-order valence-electron chi connectivity index (χ3n) is 3.95. The first-order chi connectivity index (χ1) is 12.5. The van der Waals surface area contributed by atoms with Crippen LogP contribution in [0.15, 0.2) is 45.6 Å². The SMILES string of the molecule is COc1ccc(-c2c(C(=O)[O-])oc3cc(OC)cc(OC)c3c2=O)cc1. The first kappa shape index (κ1) is 17.3. The fraction of sp³-hybridized carbons (Fsp3) is 0.158. The molecule has 2 aromatic carbocycles. The molecule has 134 valence electrons. The molecule has 0 aliphatic heterocycles. The van der Waals surface area contributed by atoms with Crippen LogP contribution in [0, 0.1) is 0 Å². The van der Waals surface area contributed by atoms with Crippen molar-refractivity contribution in [2.45, 2.75) is 0 Å². The molecule has 26 heavy (non-hydrogen) atoms. The fourth-order valence-corrected chi connectivity index (χ4v) is 2.70. The second-order valence-electron chi connectivity index (χ2n) is 5.35. The molecule has 0 bridgehead atoms. The van der Waals surface area contributed by atoms with Gasteiger partial charge in [-0.1, -0.05) is 12.1 Å². The van der Waals surface area contributed by atoms with Crippen LogP contribution in [-0.4, -0.2) is 27.3 Å². The Morgan fingerprint density at radius 1 is 0.962 bits per heavy atom. The summed E-state index contributed by atoms with van der Waals surface area (Å²) in [5.41, 5.74) is -0.278. The van der Waals surface area contributed by atoms with Crippen LogP contribution >= 0.6 is 0 Å². The third-order valence-corrected chi connectivity index (χ3v) is 3.95.